The third-order valence-corrected chi connectivity index (χ3v) is 4.82. The van der Waals surface area contributed by atoms with Crippen molar-refractivity contribution in [3.8, 4) is 17.3 Å². The first-order valence-electron chi connectivity index (χ1n) is 8.60. The Morgan fingerprint density at radius 3 is 2.71 bits per heavy atom. The molecule has 2 heterocycles. The average Bonchev–Trinajstić information content (AvgIpc) is 3.27. The number of methoxy groups -OCH3 is 2. The van der Waals surface area contributed by atoms with Gasteiger partial charge in [-0.1, -0.05) is 30.0 Å². The number of carbonyl (C=O) groups is 1. The Bertz CT molecular complexity index is 925. The molecule has 28 heavy (non-hydrogen) atoms. The highest BCUT2D eigenvalue weighted by Gasteiger charge is 2.20. The summed E-state index contributed by atoms with van der Waals surface area (Å²) in [5, 5.41) is 16.3. The normalized spacial score (nSPS) is 10.8. The minimum absolute atomic E-state index is 0.113. The topological polar surface area (TPSA) is 96.1 Å². The van der Waals surface area contributed by atoms with Gasteiger partial charge in [0.1, 0.15) is 5.56 Å². The third kappa shape index (κ3) is 4.70. The lowest BCUT2D eigenvalue weighted by molar-refractivity contribution is -0.113. The van der Waals surface area contributed by atoms with Gasteiger partial charge in [-0.2, -0.15) is 0 Å². The fraction of sp³-hybridized carbons (Fsp3) is 0.333. The number of aryl methyl sites for hydroxylation is 1. The number of anilines is 1. The lowest BCUT2D eigenvalue weighted by Crippen LogP contribution is -2.15. The van der Waals surface area contributed by atoms with Crippen LogP contribution in [0.5, 0.6) is 5.88 Å². The van der Waals surface area contributed by atoms with Crippen LogP contribution in [0.3, 0.4) is 0 Å². The Morgan fingerprint density at radius 1 is 1.21 bits per heavy atom. The number of thioether (sulfide) groups is 1. The number of hydrogen-bond acceptors (Lipinski definition) is 7. The average molecular weight is 402 g/mol. The molecule has 0 saturated carbocycles. The molecule has 3 rings (SSSR count). The molecule has 0 aliphatic rings. The van der Waals surface area contributed by atoms with Gasteiger partial charge in [0.2, 0.25) is 11.8 Å². The van der Waals surface area contributed by atoms with Crippen LogP contribution in [0.15, 0.2) is 41.7 Å². The van der Waals surface area contributed by atoms with E-state index in [1.165, 1.54) is 11.8 Å². The van der Waals surface area contributed by atoms with Crippen LogP contribution < -0.4 is 10.1 Å². The maximum Gasteiger partial charge on any atom is 0.243 e. The van der Waals surface area contributed by atoms with Crippen molar-refractivity contribution < 1.29 is 14.3 Å². The molecule has 3 aromatic rings. The smallest absolute Gasteiger partial charge is 0.243 e. The zero-order valence-electron chi connectivity index (χ0n) is 16.0. The summed E-state index contributed by atoms with van der Waals surface area (Å²) < 4.78 is 14.1. The minimum Gasteiger partial charge on any atom is -0.479 e. The van der Waals surface area contributed by atoms with Crippen molar-refractivity contribution in [2.24, 2.45) is 7.05 Å². The van der Waals surface area contributed by atoms with Gasteiger partial charge in [0.05, 0.1) is 26.0 Å². The summed E-state index contributed by atoms with van der Waals surface area (Å²) in [4.78, 5) is 12.2. The van der Waals surface area contributed by atoms with Gasteiger partial charge < -0.3 is 14.8 Å². The molecule has 2 aromatic heterocycles. The van der Waals surface area contributed by atoms with Crippen LogP contribution in [0.1, 0.15) is 0 Å². The lowest BCUT2D eigenvalue weighted by atomic mass is 10.3. The van der Waals surface area contributed by atoms with Crippen LogP contribution in [-0.2, 0) is 23.1 Å². The van der Waals surface area contributed by atoms with Crippen LogP contribution in [0.4, 0.5) is 5.69 Å². The zero-order chi connectivity index (χ0) is 19.9. The van der Waals surface area contributed by atoms with Crippen LogP contribution in [0.2, 0.25) is 0 Å². The molecule has 0 fully saturated rings. The van der Waals surface area contributed by atoms with E-state index in [1.807, 2.05) is 48.1 Å². The molecule has 0 saturated heterocycles. The molecular weight excluding hydrogens is 380 g/mol. The Labute approximate surface area is 167 Å². The number of hydrogen-bond donors (Lipinski definition) is 1. The fourth-order valence-corrected chi connectivity index (χ4v) is 3.36. The van der Waals surface area contributed by atoms with Crippen LogP contribution >= 0.6 is 11.8 Å². The Kier molecular flexibility index (Phi) is 6.66. The maximum atomic E-state index is 12.2. The predicted octanol–water partition coefficient (Wildman–Crippen LogP) is 2.06. The Balaban J connectivity index is 1.77. The van der Waals surface area contributed by atoms with Gasteiger partial charge in [-0.15, -0.1) is 15.3 Å². The highest BCUT2D eigenvalue weighted by Crippen LogP contribution is 2.30. The van der Waals surface area contributed by atoms with Crippen molar-refractivity contribution in [3.05, 3.63) is 36.5 Å². The molecule has 0 radical (unpaired) electrons. The van der Waals surface area contributed by atoms with Crippen molar-refractivity contribution in [2.45, 2.75) is 11.7 Å². The maximum absolute atomic E-state index is 12.2. The van der Waals surface area contributed by atoms with Crippen molar-refractivity contribution in [1.29, 1.82) is 0 Å². The van der Waals surface area contributed by atoms with Crippen LogP contribution in [0.25, 0.3) is 11.4 Å². The van der Waals surface area contributed by atoms with E-state index in [0.29, 0.717) is 30.0 Å². The standard InChI is InChI=1S/C18H22N6O3S/c1-23-11-14(17(22-23)27-3)16-20-21-18(24(16)9-10-26-2)28-12-15(25)19-13-7-5-4-6-8-13/h4-8,11H,9-10,12H2,1-3H3,(H,19,25). The fourth-order valence-electron chi connectivity index (χ4n) is 2.60. The van der Waals surface area contributed by atoms with E-state index >= 15 is 0 Å². The minimum atomic E-state index is -0.113. The molecule has 148 valence electrons. The molecule has 0 aliphatic heterocycles. The number of nitrogens with one attached hydrogen (secondary N) is 1. The second-order valence-electron chi connectivity index (χ2n) is 5.88. The first kappa shape index (κ1) is 19.9. The van der Waals surface area contributed by atoms with Gasteiger partial charge in [0.15, 0.2) is 11.0 Å². The predicted molar refractivity (Wildman–Crippen MR) is 106 cm³/mol. The molecule has 1 N–H and O–H groups in total. The van der Waals surface area contributed by atoms with Gasteiger partial charge in [-0.05, 0) is 12.1 Å². The Hall–Kier alpha value is -2.85. The first-order valence-corrected chi connectivity index (χ1v) is 9.58. The summed E-state index contributed by atoms with van der Waals surface area (Å²) in [5.74, 6) is 1.18. The lowest BCUT2D eigenvalue weighted by Gasteiger charge is -2.09. The molecule has 1 aromatic carbocycles. The summed E-state index contributed by atoms with van der Waals surface area (Å²) in [5.41, 5.74) is 1.49. The van der Waals surface area contributed by atoms with Crippen molar-refractivity contribution >= 4 is 23.4 Å². The molecule has 9 nitrogen and oxygen atoms in total. The number of ether oxygens (including phenoxy) is 2. The van der Waals surface area contributed by atoms with E-state index in [9.17, 15) is 4.79 Å². The monoisotopic (exact) mass is 402 g/mol. The van der Waals surface area contributed by atoms with Gasteiger partial charge in [0, 0.05) is 26.0 Å². The third-order valence-electron chi connectivity index (χ3n) is 3.85. The van der Waals surface area contributed by atoms with Crippen molar-refractivity contribution in [1.82, 2.24) is 24.5 Å². The highest BCUT2D eigenvalue weighted by molar-refractivity contribution is 7.99. The van der Waals surface area contributed by atoms with E-state index in [1.54, 1.807) is 18.9 Å². The molecule has 10 heteroatoms. The largest absolute Gasteiger partial charge is 0.479 e. The first-order chi connectivity index (χ1) is 13.6. The van der Waals surface area contributed by atoms with Gasteiger partial charge in [0.25, 0.3) is 0 Å². The number of nitrogens with zero attached hydrogens (tertiary/aromatic N) is 5. The SMILES string of the molecule is COCCn1c(SCC(=O)Nc2ccccc2)nnc1-c1cn(C)nc1OC. The zero-order valence-corrected chi connectivity index (χ0v) is 16.8. The summed E-state index contributed by atoms with van der Waals surface area (Å²) in [7, 11) is 5.01. The van der Waals surface area contributed by atoms with E-state index in [4.69, 9.17) is 9.47 Å². The number of carbonyl (C=O) groups excluding carboxylic acids is 1. The summed E-state index contributed by atoms with van der Waals surface area (Å²) in [6.07, 6.45) is 1.82. The second kappa shape index (κ2) is 9.38. The van der Waals surface area contributed by atoms with Gasteiger partial charge in [-0.3, -0.25) is 14.0 Å². The molecular formula is C18H22N6O3S. The molecule has 0 aliphatic carbocycles. The second-order valence-corrected chi connectivity index (χ2v) is 6.82. The number of para-hydroxylation sites is 1. The van der Waals surface area contributed by atoms with E-state index < -0.39 is 0 Å². The molecule has 0 spiro atoms. The summed E-state index contributed by atoms with van der Waals surface area (Å²) in [6, 6.07) is 9.33. The summed E-state index contributed by atoms with van der Waals surface area (Å²) >= 11 is 1.31. The van der Waals surface area contributed by atoms with Crippen LogP contribution in [0, 0.1) is 0 Å². The van der Waals surface area contributed by atoms with Gasteiger partial charge >= 0.3 is 0 Å². The number of aromatic nitrogens is 5. The number of rotatable bonds is 9. The van der Waals surface area contributed by atoms with E-state index in [2.05, 4.69) is 20.6 Å². The molecule has 1 amide bonds. The van der Waals surface area contributed by atoms with Crippen LogP contribution in [-0.4, -0.2) is 57.0 Å². The molecule has 0 bridgehead atoms. The molecule has 0 atom stereocenters. The number of amides is 1. The molecule has 0 unspecified atom stereocenters. The highest BCUT2D eigenvalue weighted by atomic mass is 32.2. The van der Waals surface area contributed by atoms with Gasteiger partial charge in [-0.25, -0.2) is 0 Å². The van der Waals surface area contributed by atoms with E-state index in [0.717, 1.165) is 11.3 Å². The van der Waals surface area contributed by atoms with Crippen molar-refractivity contribution in [3.63, 3.8) is 0 Å². The quantitative estimate of drug-likeness (QED) is 0.547. The van der Waals surface area contributed by atoms with E-state index in [-0.39, 0.29) is 11.7 Å². The van der Waals surface area contributed by atoms with Crippen molar-refractivity contribution in [2.75, 3.05) is 31.9 Å². The Morgan fingerprint density at radius 2 is 2.00 bits per heavy atom. The number of benzene rings is 1. The summed E-state index contributed by atoms with van der Waals surface area (Å²) in [6.45, 7) is 1.02.